The molecule has 0 spiro atoms. The van der Waals surface area contributed by atoms with Gasteiger partial charge in [-0.05, 0) is 56.7 Å². The zero-order valence-corrected chi connectivity index (χ0v) is 18.4. The highest BCUT2D eigenvalue weighted by Crippen LogP contribution is 2.39. The smallest absolute Gasteiger partial charge is 0.295 e. The van der Waals surface area contributed by atoms with Gasteiger partial charge in [-0.25, -0.2) is 0 Å². The molecule has 3 rings (SSSR count). The normalized spacial score (nSPS) is 17.9. The van der Waals surface area contributed by atoms with Crippen LogP contribution in [0.2, 0.25) is 0 Å². The number of amides is 1. The predicted octanol–water partition coefficient (Wildman–Crippen LogP) is 3.53. The fourth-order valence-corrected chi connectivity index (χ4v) is 3.85. The van der Waals surface area contributed by atoms with Crippen molar-refractivity contribution in [2.45, 2.75) is 25.8 Å². The summed E-state index contributed by atoms with van der Waals surface area (Å²) in [5.41, 5.74) is 1.97. The van der Waals surface area contributed by atoms with Crippen molar-refractivity contribution in [3.8, 4) is 0 Å². The number of nitro benzene ring substituents is 1. The van der Waals surface area contributed by atoms with Crippen LogP contribution in [-0.4, -0.2) is 58.7 Å². The Morgan fingerprint density at radius 2 is 1.72 bits per heavy atom. The number of non-ortho nitro benzene ring substituents is 1. The van der Waals surface area contributed by atoms with Crippen molar-refractivity contribution in [2.24, 2.45) is 0 Å². The number of aliphatic hydroxyl groups is 1. The van der Waals surface area contributed by atoms with Crippen LogP contribution in [0.25, 0.3) is 5.76 Å². The summed E-state index contributed by atoms with van der Waals surface area (Å²) in [4.78, 5) is 39.8. The van der Waals surface area contributed by atoms with Gasteiger partial charge >= 0.3 is 0 Å². The molecule has 1 unspecified atom stereocenters. The number of nitro groups is 1. The van der Waals surface area contributed by atoms with E-state index in [2.05, 4.69) is 0 Å². The molecule has 2 aromatic carbocycles. The highest BCUT2D eigenvalue weighted by molar-refractivity contribution is 6.46. The maximum atomic E-state index is 13.0. The Morgan fingerprint density at radius 1 is 1.09 bits per heavy atom. The molecule has 1 aliphatic rings. The Labute approximate surface area is 186 Å². The van der Waals surface area contributed by atoms with Crippen molar-refractivity contribution in [1.29, 1.82) is 0 Å². The molecule has 168 valence electrons. The Kier molecular flexibility index (Phi) is 7.05. The van der Waals surface area contributed by atoms with Gasteiger partial charge in [0.2, 0.25) is 0 Å². The second kappa shape index (κ2) is 9.74. The second-order valence-corrected chi connectivity index (χ2v) is 8.05. The van der Waals surface area contributed by atoms with E-state index in [1.165, 1.54) is 29.2 Å². The third kappa shape index (κ3) is 4.70. The first-order chi connectivity index (χ1) is 15.2. The minimum atomic E-state index is -0.754. The van der Waals surface area contributed by atoms with Crippen molar-refractivity contribution < 1.29 is 19.6 Å². The Hall–Kier alpha value is -3.52. The summed E-state index contributed by atoms with van der Waals surface area (Å²) in [5.74, 6) is -1.75. The summed E-state index contributed by atoms with van der Waals surface area (Å²) in [6.07, 6.45) is 1.52. The van der Waals surface area contributed by atoms with Gasteiger partial charge in [0.1, 0.15) is 5.76 Å². The van der Waals surface area contributed by atoms with E-state index in [-0.39, 0.29) is 22.6 Å². The molecule has 1 heterocycles. The molecule has 1 N–H and O–H groups in total. The molecule has 0 radical (unpaired) electrons. The molecule has 1 atom stereocenters. The number of rotatable bonds is 8. The Morgan fingerprint density at radius 3 is 2.25 bits per heavy atom. The quantitative estimate of drug-likeness (QED) is 0.223. The van der Waals surface area contributed by atoms with E-state index in [1.54, 1.807) is 0 Å². The molecule has 2 aromatic rings. The van der Waals surface area contributed by atoms with Crippen molar-refractivity contribution in [2.75, 3.05) is 27.2 Å². The molecule has 0 aromatic heterocycles. The number of Topliss-reactive ketones (excluding diaryl/α,β-unsaturated/α-hetero) is 1. The molecule has 8 nitrogen and oxygen atoms in total. The van der Waals surface area contributed by atoms with E-state index >= 15 is 0 Å². The molecule has 0 saturated carbocycles. The summed E-state index contributed by atoms with van der Waals surface area (Å²) in [6, 6.07) is 12.2. The lowest BCUT2D eigenvalue weighted by atomic mass is 9.94. The van der Waals surface area contributed by atoms with E-state index in [0.29, 0.717) is 13.0 Å². The molecule has 0 aliphatic carbocycles. The molecular weight excluding hydrogens is 410 g/mol. The summed E-state index contributed by atoms with van der Waals surface area (Å²) in [6.45, 7) is 3.14. The topological polar surface area (TPSA) is 104 Å². The molecule has 1 aliphatic heterocycles. The van der Waals surface area contributed by atoms with Crippen LogP contribution in [0.3, 0.4) is 0 Å². The predicted molar refractivity (Wildman–Crippen MR) is 121 cm³/mol. The zero-order valence-electron chi connectivity index (χ0n) is 18.4. The number of aryl methyl sites for hydroxylation is 1. The maximum Gasteiger partial charge on any atom is 0.295 e. The minimum Gasteiger partial charge on any atom is -0.507 e. The average molecular weight is 437 g/mol. The zero-order chi connectivity index (χ0) is 23.4. The lowest BCUT2D eigenvalue weighted by Gasteiger charge is -2.26. The fraction of sp³-hybridized carbons (Fsp3) is 0.333. The van der Waals surface area contributed by atoms with Gasteiger partial charge in [-0.3, -0.25) is 19.7 Å². The maximum absolute atomic E-state index is 13.0. The number of hydrogen-bond acceptors (Lipinski definition) is 6. The second-order valence-electron chi connectivity index (χ2n) is 8.05. The van der Waals surface area contributed by atoms with Gasteiger partial charge in [-0.2, -0.15) is 0 Å². The van der Waals surface area contributed by atoms with Gasteiger partial charge in [-0.15, -0.1) is 0 Å². The van der Waals surface area contributed by atoms with Crippen LogP contribution in [0.1, 0.15) is 36.1 Å². The molecule has 1 amide bonds. The van der Waals surface area contributed by atoms with Crippen molar-refractivity contribution in [3.63, 3.8) is 0 Å². The molecule has 1 fully saturated rings. The number of carbonyl (C=O) groups is 2. The Bertz CT molecular complexity index is 1040. The van der Waals surface area contributed by atoms with Gasteiger partial charge in [0.15, 0.2) is 0 Å². The summed E-state index contributed by atoms with van der Waals surface area (Å²) >= 11 is 0. The largest absolute Gasteiger partial charge is 0.507 e. The molecule has 0 bridgehead atoms. The Balaban J connectivity index is 2.07. The van der Waals surface area contributed by atoms with Gasteiger partial charge in [0, 0.05) is 24.2 Å². The lowest BCUT2D eigenvalue weighted by molar-refractivity contribution is -0.384. The number of aliphatic hydroxyl groups excluding tert-OH is 1. The SMILES string of the molecule is CCc1ccc(C2/C(=C(/O)c3ccc([N+](=O)[O-])cc3)C(=O)C(=O)N2CCCN(C)C)cc1. The summed E-state index contributed by atoms with van der Waals surface area (Å²) < 4.78 is 0. The third-order valence-electron chi connectivity index (χ3n) is 5.60. The highest BCUT2D eigenvalue weighted by atomic mass is 16.6. The third-order valence-corrected chi connectivity index (χ3v) is 5.60. The van der Waals surface area contributed by atoms with E-state index in [9.17, 15) is 24.8 Å². The van der Waals surface area contributed by atoms with Crippen LogP contribution in [0.15, 0.2) is 54.1 Å². The van der Waals surface area contributed by atoms with Gasteiger partial charge in [0.25, 0.3) is 17.4 Å². The first-order valence-electron chi connectivity index (χ1n) is 10.5. The van der Waals surface area contributed by atoms with E-state index in [1.807, 2.05) is 50.2 Å². The van der Waals surface area contributed by atoms with Gasteiger partial charge < -0.3 is 14.9 Å². The first kappa shape index (κ1) is 23.1. The van der Waals surface area contributed by atoms with Gasteiger partial charge in [-0.1, -0.05) is 31.2 Å². The van der Waals surface area contributed by atoms with Crippen LogP contribution in [-0.2, 0) is 16.0 Å². The van der Waals surface area contributed by atoms with Crippen molar-refractivity contribution >= 4 is 23.1 Å². The molecular formula is C24H27N3O5. The van der Waals surface area contributed by atoms with Crippen LogP contribution >= 0.6 is 0 Å². The van der Waals surface area contributed by atoms with Crippen LogP contribution in [0, 0.1) is 10.1 Å². The number of carbonyl (C=O) groups excluding carboxylic acids is 2. The standard InChI is InChI=1S/C24H27N3O5/c1-4-16-6-8-17(9-7-16)21-20(22(28)18-10-12-19(13-11-18)27(31)32)23(29)24(30)26(21)15-5-14-25(2)3/h6-13,21,28H,4-5,14-15H2,1-3H3/b22-20-. The first-order valence-corrected chi connectivity index (χ1v) is 10.5. The average Bonchev–Trinajstić information content (AvgIpc) is 3.03. The van der Waals surface area contributed by atoms with Gasteiger partial charge in [0.05, 0.1) is 16.5 Å². The van der Waals surface area contributed by atoms with Crippen molar-refractivity contribution in [3.05, 3.63) is 80.9 Å². The van der Waals surface area contributed by atoms with E-state index < -0.39 is 22.7 Å². The molecule has 1 saturated heterocycles. The highest BCUT2D eigenvalue weighted by Gasteiger charge is 2.45. The monoisotopic (exact) mass is 437 g/mol. The summed E-state index contributed by atoms with van der Waals surface area (Å²) in [7, 11) is 3.87. The lowest BCUT2D eigenvalue weighted by Crippen LogP contribution is -2.32. The van der Waals surface area contributed by atoms with Crippen LogP contribution in [0.4, 0.5) is 5.69 Å². The molecule has 32 heavy (non-hydrogen) atoms. The number of benzene rings is 2. The van der Waals surface area contributed by atoms with Crippen LogP contribution < -0.4 is 0 Å². The summed E-state index contributed by atoms with van der Waals surface area (Å²) in [5, 5.41) is 21.9. The number of likely N-dealkylation sites (tertiary alicyclic amines) is 1. The van der Waals surface area contributed by atoms with E-state index in [4.69, 9.17) is 0 Å². The minimum absolute atomic E-state index is 0.00189. The van der Waals surface area contributed by atoms with Crippen molar-refractivity contribution in [1.82, 2.24) is 9.80 Å². The fourth-order valence-electron chi connectivity index (χ4n) is 3.85. The van der Waals surface area contributed by atoms with Crippen LogP contribution in [0.5, 0.6) is 0 Å². The number of nitrogens with zero attached hydrogens (tertiary/aromatic N) is 3. The number of hydrogen-bond donors (Lipinski definition) is 1. The number of ketones is 1. The molecule has 8 heteroatoms. The van der Waals surface area contributed by atoms with E-state index in [0.717, 1.165) is 24.1 Å².